The molecule has 1 aromatic heterocycles. The molecule has 3 rings (SSSR count). The van der Waals surface area contributed by atoms with Crippen molar-refractivity contribution >= 4 is 34.3 Å². The average Bonchev–Trinajstić information content (AvgIpc) is 2.55. The number of nitrogens with one attached hydrogen (secondary N) is 1. The summed E-state index contributed by atoms with van der Waals surface area (Å²) in [5, 5.41) is 9.26. The number of aromatic nitrogens is 2. The highest BCUT2D eigenvalue weighted by molar-refractivity contribution is 5.98. The molecule has 1 heterocycles. The highest BCUT2D eigenvalue weighted by Crippen LogP contribution is 2.27. The Balaban J connectivity index is 2.06. The lowest BCUT2D eigenvalue weighted by Crippen LogP contribution is -2.05. The molecular weight excluding hydrogens is 278 g/mol. The van der Waals surface area contributed by atoms with E-state index in [-0.39, 0.29) is 0 Å². The summed E-state index contributed by atoms with van der Waals surface area (Å²) in [6.45, 7) is 0. The van der Waals surface area contributed by atoms with Gasteiger partial charge in [0.1, 0.15) is 25.1 Å². The number of nitrogens with zero attached hydrogens (tertiary/aromatic N) is 3. The predicted octanol–water partition coefficient (Wildman–Crippen LogP) is 2.94. The maximum absolute atomic E-state index is 5.89. The SMILES string of the molecule is CO/N=C/c1c(N)ncnc1Nc1cccc2ccccc12. The van der Waals surface area contributed by atoms with Gasteiger partial charge >= 0.3 is 0 Å². The Labute approximate surface area is 127 Å². The molecule has 0 saturated heterocycles. The number of rotatable bonds is 4. The minimum atomic E-state index is 0.332. The Morgan fingerprint density at radius 3 is 2.82 bits per heavy atom. The van der Waals surface area contributed by atoms with E-state index in [1.165, 1.54) is 19.7 Å². The third-order valence-corrected chi connectivity index (χ3v) is 3.24. The summed E-state index contributed by atoms with van der Waals surface area (Å²) in [5.41, 5.74) is 7.40. The lowest BCUT2D eigenvalue weighted by Gasteiger charge is -2.11. The smallest absolute Gasteiger partial charge is 0.144 e. The number of nitrogens with two attached hydrogens (primary N) is 1. The van der Waals surface area contributed by atoms with E-state index in [2.05, 4.69) is 32.6 Å². The molecule has 0 atom stereocenters. The summed E-state index contributed by atoms with van der Waals surface area (Å²) < 4.78 is 0. The van der Waals surface area contributed by atoms with Gasteiger partial charge in [0.2, 0.25) is 0 Å². The van der Waals surface area contributed by atoms with Gasteiger partial charge in [-0.15, -0.1) is 0 Å². The second kappa shape index (κ2) is 6.09. The molecule has 0 bridgehead atoms. The van der Waals surface area contributed by atoms with Gasteiger partial charge < -0.3 is 15.9 Å². The Morgan fingerprint density at radius 2 is 1.95 bits per heavy atom. The van der Waals surface area contributed by atoms with Crippen LogP contribution in [0.4, 0.5) is 17.3 Å². The van der Waals surface area contributed by atoms with E-state index in [4.69, 9.17) is 10.6 Å². The summed E-state index contributed by atoms with van der Waals surface area (Å²) in [6, 6.07) is 14.1. The van der Waals surface area contributed by atoms with E-state index in [9.17, 15) is 0 Å². The summed E-state index contributed by atoms with van der Waals surface area (Å²) >= 11 is 0. The molecular formula is C16H15N5O. The zero-order valence-corrected chi connectivity index (χ0v) is 12.0. The van der Waals surface area contributed by atoms with Gasteiger partial charge in [0, 0.05) is 11.1 Å². The van der Waals surface area contributed by atoms with Crippen molar-refractivity contribution in [1.82, 2.24) is 9.97 Å². The van der Waals surface area contributed by atoms with Gasteiger partial charge in [0.25, 0.3) is 0 Å². The van der Waals surface area contributed by atoms with Crippen LogP contribution in [-0.2, 0) is 4.84 Å². The van der Waals surface area contributed by atoms with Crippen LogP contribution in [0.3, 0.4) is 0 Å². The van der Waals surface area contributed by atoms with Crippen LogP contribution in [0.5, 0.6) is 0 Å². The van der Waals surface area contributed by atoms with E-state index in [0.29, 0.717) is 17.2 Å². The number of hydrogen-bond acceptors (Lipinski definition) is 6. The fraction of sp³-hybridized carbons (Fsp3) is 0.0625. The highest BCUT2D eigenvalue weighted by Gasteiger charge is 2.09. The molecule has 6 heteroatoms. The zero-order chi connectivity index (χ0) is 15.4. The van der Waals surface area contributed by atoms with Crippen molar-refractivity contribution in [2.45, 2.75) is 0 Å². The van der Waals surface area contributed by atoms with Gasteiger partial charge in [-0.05, 0) is 11.5 Å². The van der Waals surface area contributed by atoms with E-state index < -0.39 is 0 Å². The second-order valence-corrected chi connectivity index (χ2v) is 4.59. The van der Waals surface area contributed by atoms with Crippen LogP contribution in [0.2, 0.25) is 0 Å². The van der Waals surface area contributed by atoms with Gasteiger partial charge in [-0.25, -0.2) is 9.97 Å². The van der Waals surface area contributed by atoms with E-state index in [1.807, 2.05) is 30.3 Å². The Morgan fingerprint density at radius 1 is 1.14 bits per heavy atom. The largest absolute Gasteiger partial charge is 0.399 e. The van der Waals surface area contributed by atoms with E-state index >= 15 is 0 Å². The van der Waals surface area contributed by atoms with Gasteiger partial charge in [-0.1, -0.05) is 41.6 Å². The number of fused-ring (bicyclic) bond motifs is 1. The second-order valence-electron chi connectivity index (χ2n) is 4.59. The molecule has 0 amide bonds. The molecule has 0 aliphatic carbocycles. The average molecular weight is 293 g/mol. The molecule has 22 heavy (non-hydrogen) atoms. The van der Waals surface area contributed by atoms with Crippen LogP contribution in [-0.4, -0.2) is 23.3 Å². The van der Waals surface area contributed by atoms with Crippen molar-refractivity contribution in [3.05, 3.63) is 54.4 Å². The van der Waals surface area contributed by atoms with Gasteiger partial charge in [0.05, 0.1) is 11.8 Å². The quantitative estimate of drug-likeness (QED) is 0.570. The fourth-order valence-electron chi connectivity index (χ4n) is 2.20. The van der Waals surface area contributed by atoms with Crippen LogP contribution in [0.1, 0.15) is 5.56 Å². The highest BCUT2D eigenvalue weighted by atomic mass is 16.6. The van der Waals surface area contributed by atoms with Crippen molar-refractivity contribution in [2.24, 2.45) is 5.16 Å². The normalized spacial score (nSPS) is 11.0. The molecule has 0 aliphatic heterocycles. The maximum Gasteiger partial charge on any atom is 0.144 e. The first-order chi connectivity index (χ1) is 10.8. The van der Waals surface area contributed by atoms with Crippen LogP contribution < -0.4 is 11.1 Å². The molecule has 3 N–H and O–H groups in total. The zero-order valence-electron chi connectivity index (χ0n) is 12.0. The van der Waals surface area contributed by atoms with Crippen molar-refractivity contribution in [2.75, 3.05) is 18.2 Å². The number of nitrogen functional groups attached to an aromatic ring is 1. The first kappa shape index (κ1) is 13.8. The summed E-state index contributed by atoms with van der Waals surface area (Å²) in [5.74, 6) is 0.906. The summed E-state index contributed by atoms with van der Waals surface area (Å²) in [4.78, 5) is 12.9. The Bertz CT molecular complexity index is 826. The Kier molecular flexibility index (Phi) is 3.82. The topological polar surface area (TPSA) is 85.4 Å². The number of oxime groups is 1. The van der Waals surface area contributed by atoms with Crippen molar-refractivity contribution < 1.29 is 4.84 Å². The number of hydrogen-bond donors (Lipinski definition) is 2. The first-order valence-corrected chi connectivity index (χ1v) is 6.71. The lowest BCUT2D eigenvalue weighted by molar-refractivity contribution is 0.215. The van der Waals surface area contributed by atoms with Crippen molar-refractivity contribution in [1.29, 1.82) is 0 Å². The monoisotopic (exact) mass is 293 g/mol. The third kappa shape index (κ3) is 2.67. The predicted molar refractivity (Wildman–Crippen MR) is 88.3 cm³/mol. The molecule has 2 aromatic carbocycles. The van der Waals surface area contributed by atoms with Gasteiger partial charge in [-0.3, -0.25) is 0 Å². The fourth-order valence-corrected chi connectivity index (χ4v) is 2.20. The summed E-state index contributed by atoms with van der Waals surface area (Å²) in [6.07, 6.45) is 2.90. The lowest BCUT2D eigenvalue weighted by atomic mass is 10.1. The molecule has 0 aliphatic rings. The van der Waals surface area contributed by atoms with E-state index in [1.54, 1.807) is 0 Å². The van der Waals surface area contributed by atoms with Crippen LogP contribution in [0.15, 0.2) is 53.9 Å². The minimum Gasteiger partial charge on any atom is -0.399 e. The van der Waals surface area contributed by atoms with Crippen molar-refractivity contribution in [3.63, 3.8) is 0 Å². The first-order valence-electron chi connectivity index (χ1n) is 6.71. The van der Waals surface area contributed by atoms with Crippen LogP contribution in [0, 0.1) is 0 Å². The molecule has 0 radical (unpaired) electrons. The van der Waals surface area contributed by atoms with E-state index in [0.717, 1.165) is 16.5 Å². The molecule has 0 fully saturated rings. The molecule has 3 aromatic rings. The van der Waals surface area contributed by atoms with Crippen LogP contribution in [0.25, 0.3) is 10.8 Å². The Hall–Kier alpha value is -3.15. The summed E-state index contributed by atoms with van der Waals surface area (Å²) in [7, 11) is 1.47. The van der Waals surface area contributed by atoms with Crippen molar-refractivity contribution in [3.8, 4) is 0 Å². The standard InChI is InChI=1S/C16H15N5O/c1-22-20-9-13-15(17)18-10-19-16(13)21-14-8-4-6-11-5-2-3-7-12(11)14/h2-10H,1H3,(H3,17,18,19,21)/b20-9+. The minimum absolute atomic E-state index is 0.332. The number of benzene rings is 2. The maximum atomic E-state index is 5.89. The van der Waals surface area contributed by atoms with Gasteiger partial charge in [0.15, 0.2) is 0 Å². The number of anilines is 3. The molecule has 0 spiro atoms. The third-order valence-electron chi connectivity index (χ3n) is 3.24. The molecule has 6 nitrogen and oxygen atoms in total. The molecule has 0 saturated carbocycles. The van der Waals surface area contributed by atoms with Crippen LogP contribution >= 0.6 is 0 Å². The molecule has 110 valence electrons. The molecule has 0 unspecified atom stereocenters. The van der Waals surface area contributed by atoms with Gasteiger partial charge in [-0.2, -0.15) is 0 Å².